The Labute approximate surface area is 62.2 Å². The first-order chi connectivity index (χ1) is 4.61. The van der Waals surface area contributed by atoms with Gasteiger partial charge in [0, 0.05) is 19.5 Å². The topological polar surface area (TPSA) is 23.5 Å². The van der Waals surface area contributed by atoms with Crippen LogP contribution >= 0.6 is 0 Å². The van der Waals surface area contributed by atoms with Crippen LogP contribution in [-0.2, 0) is 0 Å². The van der Waals surface area contributed by atoms with Crippen LogP contribution < -0.4 is 0 Å². The van der Waals surface area contributed by atoms with Crippen LogP contribution in [0.4, 0.5) is 0 Å². The zero-order valence-electron chi connectivity index (χ0n) is 6.83. The Hall–Kier alpha value is -0.660. The fraction of sp³-hybridized carbons (Fsp3) is 0.750. The quantitative estimate of drug-likeness (QED) is 0.599. The Morgan fingerprint density at radius 1 is 1.70 bits per heavy atom. The van der Waals surface area contributed by atoms with Gasteiger partial charge in [-0.1, -0.05) is 13.8 Å². The highest BCUT2D eigenvalue weighted by Gasteiger charge is 2.21. The van der Waals surface area contributed by atoms with Gasteiger partial charge in [-0.05, 0) is 12.0 Å². The van der Waals surface area contributed by atoms with E-state index in [4.69, 9.17) is 0 Å². The molecule has 0 bridgehead atoms. The van der Waals surface area contributed by atoms with Gasteiger partial charge in [-0.3, -0.25) is 0 Å². The van der Waals surface area contributed by atoms with E-state index in [0.717, 1.165) is 6.54 Å². The lowest BCUT2D eigenvalue weighted by Gasteiger charge is -2.15. The normalized spacial score (nSPS) is 25.8. The lowest BCUT2D eigenvalue weighted by Crippen LogP contribution is -2.18. The second-order valence-electron chi connectivity index (χ2n) is 3.31. The van der Waals surface area contributed by atoms with Crippen LogP contribution in [0.5, 0.6) is 0 Å². The number of nitrogens with zero attached hydrogens (tertiary/aromatic N) is 1. The summed E-state index contributed by atoms with van der Waals surface area (Å²) in [6.07, 6.45) is 1.94. The summed E-state index contributed by atoms with van der Waals surface area (Å²) in [5.41, 5.74) is 0. The fourth-order valence-electron chi connectivity index (χ4n) is 1.18. The van der Waals surface area contributed by atoms with Crippen LogP contribution in [-0.4, -0.2) is 23.6 Å². The molecule has 0 aromatic carbocycles. The third-order valence-electron chi connectivity index (χ3n) is 2.10. The van der Waals surface area contributed by atoms with Crippen LogP contribution in [0.2, 0.25) is 0 Å². The van der Waals surface area contributed by atoms with Gasteiger partial charge in [0.1, 0.15) is 0 Å². The third kappa shape index (κ3) is 1.25. The summed E-state index contributed by atoms with van der Waals surface area (Å²) in [6.45, 7) is 5.31. The maximum absolute atomic E-state index is 9.20. The molecule has 1 heterocycles. The van der Waals surface area contributed by atoms with E-state index in [2.05, 4.69) is 13.8 Å². The molecule has 0 spiro atoms. The molecule has 0 amide bonds. The number of hydrogen-bond donors (Lipinski definition) is 1. The van der Waals surface area contributed by atoms with Crippen molar-refractivity contribution >= 4 is 0 Å². The Morgan fingerprint density at radius 3 is 2.50 bits per heavy atom. The Morgan fingerprint density at radius 2 is 2.30 bits per heavy atom. The van der Waals surface area contributed by atoms with Crippen LogP contribution in [0.1, 0.15) is 13.8 Å². The predicted molar refractivity (Wildman–Crippen MR) is 41.7 cm³/mol. The monoisotopic (exact) mass is 141 g/mol. The van der Waals surface area contributed by atoms with Crippen molar-refractivity contribution in [2.24, 2.45) is 11.8 Å². The van der Waals surface area contributed by atoms with E-state index in [1.165, 1.54) is 0 Å². The molecule has 2 nitrogen and oxygen atoms in total. The minimum Gasteiger partial charge on any atom is -0.495 e. The third-order valence-corrected chi connectivity index (χ3v) is 2.10. The van der Waals surface area contributed by atoms with Crippen molar-refractivity contribution in [3.63, 3.8) is 0 Å². The second-order valence-corrected chi connectivity index (χ2v) is 3.31. The molecular weight excluding hydrogens is 126 g/mol. The summed E-state index contributed by atoms with van der Waals surface area (Å²) in [5, 5.41) is 9.20. The molecule has 0 radical (unpaired) electrons. The largest absolute Gasteiger partial charge is 0.495 e. The van der Waals surface area contributed by atoms with Gasteiger partial charge in [-0.25, -0.2) is 0 Å². The van der Waals surface area contributed by atoms with Gasteiger partial charge >= 0.3 is 0 Å². The summed E-state index contributed by atoms with van der Waals surface area (Å²) in [7, 11) is 1.91. The fourth-order valence-corrected chi connectivity index (χ4v) is 1.18. The minimum absolute atomic E-state index is 0.429. The van der Waals surface area contributed by atoms with Crippen molar-refractivity contribution in [1.82, 2.24) is 4.90 Å². The summed E-state index contributed by atoms with van der Waals surface area (Å²) >= 11 is 0. The molecule has 0 aliphatic carbocycles. The zero-order chi connectivity index (χ0) is 7.72. The van der Waals surface area contributed by atoms with Crippen LogP contribution in [0.3, 0.4) is 0 Å². The highest BCUT2D eigenvalue weighted by molar-refractivity contribution is 5.03. The summed E-state index contributed by atoms with van der Waals surface area (Å²) in [4.78, 5) is 1.88. The van der Waals surface area contributed by atoms with Crippen LogP contribution in [0, 0.1) is 11.8 Å². The second kappa shape index (κ2) is 2.52. The molecule has 1 rings (SSSR count). The average Bonchev–Trinajstić information content (AvgIpc) is 2.13. The highest BCUT2D eigenvalue weighted by atomic mass is 16.3. The molecule has 1 atom stereocenters. The molecule has 1 aliphatic rings. The Bertz CT molecular complexity index is 151. The zero-order valence-corrected chi connectivity index (χ0v) is 6.83. The van der Waals surface area contributed by atoms with Gasteiger partial charge in [0.2, 0.25) is 0 Å². The van der Waals surface area contributed by atoms with Crippen molar-refractivity contribution in [2.45, 2.75) is 13.8 Å². The van der Waals surface area contributed by atoms with Gasteiger partial charge in [0.25, 0.3) is 0 Å². The molecule has 1 N–H and O–H groups in total. The smallest absolute Gasteiger partial charge is 0.182 e. The van der Waals surface area contributed by atoms with E-state index >= 15 is 0 Å². The maximum Gasteiger partial charge on any atom is 0.182 e. The molecule has 10 heavy (non-hydrogen) atoms. The summed E-state index contributed by atoms with van der Waals surface area (Å²) in [6, 6.07) is 0. The average molecular weight is 141 g/mol. The number of aliphatic hydroxyl groups excluding tert-OH is 1. The first-order valence-electron chi connectivity index (χ1n) is 3.73. The maximum atomic E-state index is 9.20. The number of rotatable bonds is 1. The van der Waals surface area contributed by atoms with Crippen molar-refractivity contribution in [3.8, 4) is 0 Å². The standard InChI is InChI=1S/C8H15NO/c1-6(2)7-4-8(10)9(3)5-7/h4,6-7,10H,5H2,1-3H3. The molecule has 0 aromatic rings. The Balaban J connectivity index is 2.56. The molecule has 1 unspecified atom stereocenters. The van der Waals surface area contributed by atoms with Gasteiger partial charge < -0.3 is 10.0 Å². The van der Waals surface area contributed by atoms with E-state index in [9.17, 15) is 5.11 Å². The van der Waals surface area contributed by atoms with E-state index in [1.54, 1.807) is 0 Å². The molecule has 0 fully saturated rings. The first-order valence-corrected chi connectivity index (χ1v) is 3.73. The van der Waals surface area contributed by atoms with E-state index in [1.807, 2.05) is 18.0 Å². The van der Waals surface area contributed by atoms with Crippen LogP contribution in [0.15, 0.2) is 12.0 Å². The van der Waals surface area contributed by atoms with Crippen molar-refractivity contribution in [2.75, 3.05) is 13.6 Å². The lowest BCUT2D eigenvalue weighted by molar-refractivity contribution is 0.243. The van der Waals surface area contributed by atoms with E-state index in [-0.39, 0.29) is 0 Å². The van der Waals surface area contributed by atoms with Crippen molar-refractivity contribution in [3.05, 3.63) is 12.0 Å². The van der Waals surface area contributed by atoms with Gasteiger partial charge in [0.05, 0.1) is 0 Å². The molecule has 0 saturated heterocycles. The first kappa shape index (κ1) is 7.45. The molecule has 0 aromatic heterocycles. The lowest BCUT2D eigenvalue weighted by atomic mass is 9.98. The predicted octanol–water partition coefficient (Wildman–Crippen LogP) is 1.60. The molecule has 58 valence electrons. The molecule has 1 aliphatic heterocycles. The van der Waals surface area contributed by atoms with E-state index < -0.39 is 0 Å². The number of hydrogen-bond acceptors (Lipinski definition) is 2. The van der Waals surface area contributed by atoms with Gasteiger partial charge in [0.15, 0.2) is 5.88 Å². The molecular formula is C8H15NO. The highest BCUT2D eigenvalue weighted by Crippen LogP contribution is 2.22. The van der Waals surface area contributed by atoms with Gasteiger partial charge in [-0.15, -0.1) is 0 Å². The molecule has 0 saturated carbocycles. The van der Waals surface area contributed by atoms with Crippen molar-refractivity contribution in [1.29, 1.82) is 0 Å². The summed E-state index contributed by atoms with van der Waals surface area (Å²) < 4.78 is 0. The van der Waals surface area contributed by atoms with Crippen molar-refractivity contribution < 1.29 is 5.11 Å². The summed E-state index contributed by atoms with van der Waals surface area (Å²) in [5.74, 6) is 1.59. The minimum atomic E-state index is 0.429. The van der Waals surface area contributed by atoms with E-state index in [0.29, 0.717) is 17.7 Å². The Kier molecular flexibility index (Phi) is 1.88. The SMILES string of the molecule is CC(C)C1C=C(O)N(C)C1. The van der Waals surface area contributed by atoms with Gasteiger partial charge in [-0.2, -0.15) is 0 Å². The number of aliphatic hydroxyl groups is 1. The molecule has 2 heteroatoms. The van der Waals surface area contributed by atoms with Crippen LogP contribution in [0.25, 0.3) is 0 Å².